The summed E-state index contributed by atoms with van der Waals surface area (Å²) in [6, 6.07) is 6.09. The van der Waals surface area contributed by atoms with Gasteiger partial charge in [-0.2, -0.15) is 0 Å². The fourth-order valence-electron chi connectivity index (χ4n) is 2.08. The number of hydrogen-bond acceptors (Lipinski definition) is 3. The Balaban J connectivity index is 2.39. The van der Waals surface area contributed by atoms with Crippen LogP contribution < -0.4 is 10.5 Å². The molecule has 0 aliphatic rings. The van der Waals surface area contributed by atoms with Gasteiger partial charge in [0.25, 0.3) is 0 Å². The number of nitrogens with two attached hydrogens (primary N) is 1. The van der Waals surface area contributed by atoms with Crippen molar-refractivity contribution in [1.29, 1.82) is 0 Å². The van der Waals surface area contributed by atoms with Crippen LogP contribution in [0.3, 0.4) is 0 Å². The van der Waals surface area contributed by atoms with Crippen molar-refractivity contribution in [3.8, 4) is 17.0 Å². The molecule has 3 N–H and O–H groups in total. The molecule has 0 unspecified atom stereocenters. The van der Waals surface area contributed by atoms with E-state index in [-0.39, 0.29) is 0 Å². The van der Waals surface area contributed by atoms with Crippen molar-refractivity contribution in [3.63, 3.8) is 0 Å². The Morgan fingerprint density at radius 1 is 1.33 bits per heavy atom. The third-order valence-corrected chi connectivity index (χ3v) is 2.98. The second-order valence-electron chi connectivity index (χ2n) is 4.38. The van der Waals surface area contributed by atoms with E-state index in [0.29, 0.717) is 6.54 Å². The predicted molar refractivity (Wildman–Crippen MR) is 72.8 cm³/mol. The third-order valence-electron chi connectivity index (χ3n) is 2.98. The predicted octanol–water partition coefficient (Wildman–Crippen LogP) is 2.20. The number of H-pyrrole nitrogens is 1. The van der Waals surface area contributed by atoms with Gasteiger partial charge in [-0.15, -0.1) is 0 Å². The Morgan fingerprint density at radius 3 is 2.72 bits per heavy atom. The molecule has 2 rings (SSSR count). The number of aryl methyl sites for hydroxylation is 2. The molecule has 2 aromatic rings. The van der Waals surface area contributed by atoms with Crippen LogP contribution in [0.5, 0.6) is 5.75 Å². The molecule has 4 nitrogen and oxygen atoms in total. The topological polar surface area (TPSA) is 63.9 Å². The van der Waals surface area contributed by atoms with Crippen molar-refractivity contribution in [2.45, 2.75) is 20.3 Å². The van der Waals surface area contributed by atoms with Gasteiger partial charge in [-0.3, -0.25) is 0 Å². The van der Waals surface area contributed by atoms with Crippen LogP contribution in [0.15, 0.2) is 18.2 Å². The monoisotopic (exact) mass is 245 g/mol. The van der Waals surface area contributed by atoms with Gasteiger partial charge in [0, 0.05) is 17.7 Å². The first-order chi connectivity index (χ1) is 8.65. The van der Waals surface area contributed by atoms with Crippen molar-refractivity contribution in [2.75, 3.05) is 13.7 Å². The summed E-state index contributed by atoms with van der Waals surface area (Å²) in [5.41, 5.74) is 9.82. The first kappa shape index (κ1) is 12.6. The number of imidazole rings is 1. The minimum absolute atomic E-state index is 0.605. The van der Waals surface area contributed by atoms with Gasteiger partial charge in [-0.1, -0.05) is 0 Å². The number of rotatable bonds is 4. The SMILES string of the molecule is COc1ccc(-c2nc(CCN)[nH]c2C)cc1C. The third kappa shape index (κ3) is 2.38. The molecule has 18 heavy (non-hydrogen) atoms. The highest BCUT2D eigenvalue weighted by molar-refractivity contribution is 5.64. The smallest absolute Gasteiger partial charge is 0.121 e. The van der Waals surface area contributed by atoms with E-state index in [1.165, 1.54) is 0 Å². The molecule has 0 bridgehead atoms. The maximum absolute atomic E-state index is 5.54. The van der Waals surface area contributed by atoms with Crippen LogP contribution in [0.25, 0.3) is 11.3 Å². The Hall–Kier alpha value is -1.81. The maximum atomic E-state index is 5.54. The quantitative estimate of drug-likeness (QED) is 0.868. The Labute approximate surface area is 107 Å². The van der Waals surface area contributed by atoms with Crippen molar-refractivity contribution in [1.82, 2.24) is 9.97 Å². The van der Waals surface area contributed by atoms with Crippen LogP contribution in [-0.2, 0) is 6.42 Å². The second-order valence-corrected chi connectivity index (χ2v) is 4.38. The van der Waals surface area contributed by atoms with E-state index in [2.05, 4.69) is 16.0 Å². The number of benzene rings is 1. The lowest BCUT2D eigenvalue weighted by Gasteiger charge is -2.06. The summed E-state index contributed by atoms with van der Waals surface area (Å²) in [4.78, 5) is 7.86. The van der Waals surface area contributed by atoms with Crippen LogP contribution in [0.2, 0.25) is 0 Å². The van der Waals surface area contributed by atoms with Crippen LogP contribution in [-0.4, -0.2) is 23.6 Å². The molecule has 0 saturated carbocycles. The summed E-state index contributed by atoms with van der Waals surface area (Å²) in [5, 5.41) is 0. The lowest BCUT2D eigenvalue weighted by Crippen LogP contribution is -2.03. The molecular weight excluding hydrogens is 226 g/mol. The first-order valence-corrected chi connectivity index (χ1v) is 6.06. The second kappa shape index (κ2) is 5.23. The van der Waals surface area contributed by atoms with E-state index in [0.717, 1.165) is 40.5 Å². The van der Waals surface area contributed by atoms with Crippen molar-refractivity contribution >= 4 is 0 Å². The molecule has 1 aromatic heterocycles. The Bertz CT molecular complexity index is 546. The first-order valence-electron chi connectivity index (χ1n) is 6.06. The number of hydrogen-bond donors (Lipinski definition) is 2. The van der Waals surface area contributed by atoms with E-state index in [9.17, 15) is 0 Å². The number of nitrogens with zero attached hydrogens (tertiary/aromatic N) is 1. The standard InChI is InChI=1S/C14H19N3O/c1-9-8-11(4-5-12(9)18-3)14-10(2)16-13(17-14)6-7-15/h4-5,8H,6-7,15H2,1-3H3,(H,16,17). The van der Waals surface area contributed by atoms with E-state index in [4.69, 9.17) is 10.5 Å². The molecule has 0 spiro atoms. The average Bonchev–Trinajstić information content (AvgIpc) is 2.71. The Kier molecular flexibility index (Phi) is 3.67. The van der Waals surface area contributed by atoms with Gasteiger partial charge >= 0.3 is 0 Å². The molecule has 0 aliphatic carbocycles. The highest BCUT2D eigenvalue weighted by atomic mass is 16.5. The molecular formula is C14H19N3O. The van der Waals surface area contributed by atoms with Gasteiger partial charge < -0.3 is 15.5 Å². The fourth-order valence-corrected chi connectivity index (χ4v) is 2.08. The van der Waals surface area contributed by atoms with Crippen LogP contribution in [0.4, 0.5) is 0 Å². The molecule has 0 saturated heterocycles. The highest BCUT2D eigenvalue weighted by Gasteiger charge is 2.10. The van der Waals surface area contributed by atoms with E-state index >= 15 is 0 Å². The lowest BCUT2D eigenvalue weighted by atomic mass is 10.1. The number of methoxy groups -OCH3 is 1. The summed E-state index contributed by atoms with van der Waals surface area (Å²) in [7, 11) is 1.68. The zero-order chi connectivity index (χ0) is 13.1. The lowest BCUT2D eigenvalue weighted by molar-refractivity contribution is 0.412. The van der Waals surface area contributed by atoms with Gasteiger partial charge in [-0.05, 0) is 44.2 Å². The van der Waals surface area contributed by atoms with Crippen molar-refractivity contribution < 1.29 is 4.74 Å². The molecule has 96 valence electrons. The van der Waals surface area contributed by atoms with Crippen LogP contribution in [0.1, 0.15) is 17.1 Å². The van der Waals surface area contributed by atoms with Gasteiger partial charge in [0.1, 0.15) is 11.6 Å². The molecule has 0 aliphatic heterocycles. The van der Waals surface area contributed by atoms with E-state index in [1.54, 1.807) is 7.11 Å². The molecule has 0 atom stereocenters. The minimum Gasteiger partial charge on any atom is -0.496 e. The summed E-state index contributed by atoms with van der Waals surface area (Å²) in [6.45, 7) is 4.67. The molecule has 1 heterocycles. The summed E-state index contributed by atoms with van der Waals surface area (Å²) in [6.07, 6.45) is 0.774. The van der Waals surface area contributed by atoms with Crippen LogP contribution in [0, 0.1) is 13.8 Å². The number of aromatic amines is 1. The molecule has 0 fully saturated rings. The fraction of sp³-hybridized carbons (Fsp3) is 0.357. The minimum atomic E-state index is 0.605. The van der Waals surface area contributed by atoms with Crippen molar-refractivity contribution in [3.05, 3.63) is 35.3 Å². The summed E-state index contributed by atoms with van der Waals surface area (Å²) >= 11 is 0. The van der Waals surface area contributed by atoms with Crippen molar-refractivity contribution in [2.24, 2.45) is 5.73 Å². The van der Waals surface area contributed by atoms with Gasteiger partial charge in [0.2, 0.25) is 0 Å². The van der Waals surface area contributed by atoms with Crippen LogP contribution >= 0.6 is 0 Å². The number of nitrogens with one attached hydrogen (secondary N) is 1. The zero-order valence-electron chi connectivity index (χ0n) is 11.1. The zero-order valence-corrected chi connectivity index (χ0v) is 11.1. The maximum Gasteiger partial charge on any atom is 0.121 e. The number of aromatic nitrogens is 2. The number of ether oxygens (including phenoxy) is 1. The molecule has 4 heteroatoms. The van der Waals surface area contributed by atoms with Gasteiger partial charge in [0.05, 0.1) is 12.8 Å². The highest BCUT2D eigenvalue weighted by Crippen LogP contribution is 2.26. The summed E-state index contributed by atoms with van der Waals surface area (Å²) in [5.74, 6) is 1.84. The van der Waals surface area contributed by atoms with Gasteiger partial charge in [-0.25, -0.2) is 4.98 Å². The molecule has 0 radical (unpaired) electrons. The van der Waals surface area contributed by atoms with Gasteiger partial charge in [0.15, 0.2) is 0 Å². The van der Waals surface area contributed by atoms with E-state index < -0.39 is 0 Å². The largest absolute Gasteiger partial charge is 0.496 e. The Morgan fingerprint density at radius 2 is 2.11 bits per heavy atom. The molecule has 1 aromatic carbocycles. The summed E-state index contributed by atoms with van der Waals surface area (Å²) < 4.78 is 5.27. The normalized spacial score (nSPS) is 10.7. The van der Waals surface area contributed by atoms with E-state index in [1.807, 2.05) is 26.0 Å². The average molecular weight is 245 g/mol. The molecule has 0 amide bonds.